The van der Waals surface area contributed by atoms with E-state index in [4.69, 9.17) is 4.74 Å². The van der Waals surface area contributed by atoms with Crippen LogP contribution in [0.2, 0.25) is 0 Å². The van der Waals surface area contributed by atoms with Crippen LogP contribution in [0, 0.1) is 13.8 Å². The van der Waals surface area contributed by atoms with E-state index in [1.54, 1.807) is 7.11 Å². The zero-order valence-electron chi connectivity index (χ0n) is 11.0. The molecule has 17 heavy (non-hydrogen) atoms. The minimum atomic E-state index is 0.106. The molecule has 3 heteroatoms. The highest BCUT2D eigenvalue weighted by molar-refractivity contribution is 5.32. The summed E-state index contributed by atoms with van der Waals surface area (Å²) in [7, 11) is 1.68. The Morgan fingerprint density at radius 2 is 2.12 bits per heavy atom. The van der Waals surface area contributed by atoms with Crippen LogP contribution in [0.1, 0.15) is 23.1 Å². The maximum absolute atomic E-state index is 9.24. The van der Waals surface area contributed by atoms with Crippen LogP contribution in [-0.4, -0.2) is 31.5 Å². The van der Waals surface area contributed by atoms with Gasteiger partial charge in [-0.25, -0.2) is 0 Å². The lowest BCUT2D eigenvalue weighted by atomic mass is 10.0. The molecule has 0 heterocycles. The normalized spacial score (nSPS) is 12.7. The van der Waals surface area contributed by atoms with Gasteiger partial charge in [-0.1, -0.05) is 18.2 Å². The summed E-state index contributed by atoms with van der Waals surface area (Å²) in [6.45, 7) is 5.87. The van der Waals surface area contributed by atoms with Gasteiger partial charge in [0.25, 0.3) is 0 Å². The van der Waals surface area contributed by atoms with Crippen molar-refractivity contribution in [1.82, 2.24) is 5.32 Å². The summed E-state index contributed by atoms with van der Waals surface area (Å²) in [6.07, 6.45) is 0.831. The lowest BCUT2D eigenvalue weighted by Gasteiger charge is -2.17. The number of aliphatic hydroxyl groups excluding tert-OH is 1. The fourth-order valence-electron chi connectivity index (χ4n) is 1.78. The zero-order valence-corrected chi connectivity index (χ0v) is 11.0. The summed E-state index contributed by atoms with van der Waals surface area (Å²) in [5.74, 6) is 0. The Bertz CT molecular complexity index is 339. The van der Waals surface area contributed by atoms with E-state index in [1.165, 1.54) is 16.7 Å². The number of aryl methyl sites for hydroxylation is 1. The summed E-state index contributed by atoms with van der Waals surface area (Å²) in [5, 5.41) is 12.6. The number of hydrogen-bond acceptors (Lipinski definition) is 3. The van der Waals surface area contributed by atoms with Crippen LogP contribution in [0.5, 0.6) is 0 Å². The van der Waals surface area contributed by atoms with Gasteiger partial charge in [0, 0.05) is 26.3 Å². The molecule has 3 nitrogen and oxygen atoms in total. The number of rotatable bonds is 7. The standard InChI is InChI=1S/C14H23NO2/c1-11-5-4-6-13(12(11)2)9-15-14(10-16)7-8-17-3/h4-6,14-16H,7-10H2,1-3H3. The van der Waals surface area contributed by atoms with Crippen LogP contribution >= 0.6 is 0 Å². The van der Waals surface area contributed by atoms with Crippen molar-refractivity contribution in [2.24, 2.45) is 0 Å². The molecule has 0 aromatic heterocycles. The van der Waals surface area contributed by atoms with E-state index in [9.17, 15) is 5.11 Å². The van der Waals surface area contributed by atoms with E-state index in [0.29, 0.717) is 6.61 Å². The second-order valence-corrected chi connectivity index (χ2v) is 4.40. The highest BCUT2D eigenvalue weighted by atomic mass is 16.5. The van der Waals surface area contributed by atoms with Crippen LogP contribution in [-0.2, 0) is 11.3 Å². The number of aliphatic hydroxyl groups is 1. The van der Waals surface area contributed by atoms with Gasteiger partial charge in [0.15, 0.2) is 0 Å². The maximum Gasteiger partial charge on any atom is 0.0585 e. The third-order valence-corrected chi connectivity index (χ3v) is 3.19. The lowest BCUT2D eigenvalue weighted by Crippen LogP contribution is -2.33. The highest BCUT2D eigenvalue weighted by Gasteiger charge is 2.07. The molecule has 0 aliphatic carbocycles. The summed E-state index contributed by atoms with van der Waals surface area (Å²) in [6, 6.07) is 6.42. The number of ether oxygens (including phenoxy) is 1. The molecule has 0 amide bonds. The highest BCUT2D eigenvalue weighted by Crippen LogP contribution is 2.12. The minimum Gasteiger partial charge on any atom is -0.395 e. The first-order valence-electron chi connectivity index (χ1n) is 6.07. The van der Waals surface area contributed by atoms with Gasteiger partial charge >= 0.3 is 0 Å². The third-order valence-electron chi connectivity index (χ3n) is 3.19. The molecule has 96 valence electrons. The number of benzene rings is 1. The molecular formula is C14H23NO2. The molecule has 1 aromatic carbocycles. The van der Waals surface area contributed by atoms with Crippen molar-refractivity contribution in [3.63, 3.8) is 0 Å². The Morgan fingerprint density at radius 3 is 2.76 bits per heavy atom. The first kappa shape index (κ1) is 14.2. The van der Waals surface area contributed by atoms with E-state index in [0.717, 1.165) is 13.0 Å². The Morgan fingerprint density at radius 1 is 1.35 bits per heavy atom. The summed E-state index contributed by atoms with van der Waals surface area (Å²) in [5.41, 5.74) is 3.92. The Hall–Kier alpha value is -0.900. The third kappa shape index (κ3) is 4.46. The van der Waals surface area contributed by atoms with Gasteiger partial charge in [0.2, 0.25) is 0 Å². The van der Waals surface area contributed by atoms with Crippen molar-refractivity contribution >= 4 is 0 Å². The second-order valence-electron chi connectivity index (χ2n) is 4.40. The predicted octanol–water partition coefficient (Wildman–Crippen LogP) is 1.79. The summed E-state index contributed by atoms with van der Waals surface area (Å²) in [4.78, 5) is 0. The van der Waals surface area contributed by atoms with Crippen molar-refractivity contribution in [1.29, 1.82) is 0 Å². The van der Waals surface area contributed by atoms with Gasteiger partial charge < -0.3 is 15.2 Å². The number of hydrogen-bond donors (Lipinski definition) is 2. The molecule has 0 saturated carbocycles. The smallest absolute Gasteiger partial charge is 0.0585 e. The van der Waals surface area contributed by atoms with Crippen LogP contribution in [0.25, 0.3) is 0 Å². The van der Waals surface area contributed by atoms with E-state index in [2.05, 4.69) is 37.4 Å². The molecule has 0 aliphatic heterocycles. The second kappa shape index (κ2) is 7.43. The number of methoxy groups -OCH3 is 1. The lowest BCUT2D eigenvalue weighted by molar-refractivity contribution is 0.159. The molecule has 2 N–H and O–H groups in total. The predicted molar refractivity (Wildman–Crippen MR) is 70.1 cm³/mol. The van der Waals surface area contributed by atoms with Crippen LogP contribution < -0.4 is 5.32 Å². The van der Waals surface area contributed by atoms with Crippen LogP contribution in [0.3, 0.4) is 0 Å². The summed E-state index contributed by atoms with van der Waals surface area (Å²) < 4.78 is 5.02. The van der Waals surface area contributed by atoms with Crippen molar-refractivity contribution in [3.8, 4) is 0 Å². The van der Waals surface area contributed by atoms with Crippen molar-refractivity contribution in [2.75, 3.05) is 20.3 Å². The zero-order chi connectivity index (χ0) is 12.7. The fraction of sp³-hybridized carbons (Fsp3) is 0.571. The first-order chi connectivity index (χ1) is 8.19. The average molecular weight is 237 g/mol. The van der Waals surface area contributed by atoms with E-state index >= 15 is 0 Å². The maximum atomic E-state index is 9.24. The largest absolute Gasteiger partial charge is 0.395 e. The Labute approximate surface area is 104 Å². The van der Waals surface area contributed by atoms with Gasteiger partial charge in [-0.2, -0.15) is 0 Å². The van der Waals surface area contributed by atoms with Crippen molar-refractivity contribution < 1.29 is 9.84 Å². The monoisotopic (exact) mass is 237 g/mol. The molecule has 0 aliphatic rings. The topological polar surface area (TPSA) is 41.5 Å². The van der Waals surface area contributed by atoms with E-state index < -0.39 is 0 Å². The van der Waals surface area contributed by atoms with E-state index in [1.807, 2.05) is 0 Å². The van der Waals surface area contributed by atoms with Gasteiger partial charge in [0.05, 0.1) is 6.61 Å². The molecule has 1 unspecified atom stereocenters. The molecule has 0 saturated heterocycles. The van der Waals surface area contributed by atoms with Gasteiger partial charge in [-0.15, -0.1) is 0 Å². The molecule has 0 fully saturated rings. The SMILES string of the molecule is COCCC(CO)NCc1cccc(C)c1C. The van der Waals surface area contributed by atoms with Gasteiger partial charge in [-0.3, -0.25) is 0 Å². The van der Waals surface area contributed by atoms with Crippen molar-refractivity contribution in [2.45, 2.75) is 32.9 Å². The molecule has 0 radical (unpaired) electrons. The Balaban J connectivity index is 2.50. The summed E-state index contributed by atoms with van der Waals surface area (Å²) >= 11 is 0. The molecule has 1 rings (SSSR count). The number of nitrogens with one attached hydrogen (secondary N) is 1. The van der Waals surface area contributed by atoms with Crippen molar-refractivity contribution in [3.05, 3.63) is 34.9 Å². The minimum absolute atomic E-state index is 0.106. The molecule has 1 atom stereocenters. The van der Waals surface area contributed by atoms with Gasteiger partial charge in [-0.05, 0) is 37.0 Å². The Kier molecular flexibility index (Phi) is 6.19. The quantitative estimate of drug-likeness (QED) is 0.759. The molecule has 0 spiro atoms. The average Bonchev–Trinajstić information content (AvgIpc) is 2.34. The first-order valence-corrected chi connectivity index (χ1v) is 6.07. The molecular weight excluding hydrogens is 214 g/mol. The van der Waals surface area contributed by atoms with Crippen LogP contribution in [0.4, 0.5) is 0 Å². The van der Waals surface area contributed by atoms with Gasteiger partial charge in [0.1, 0.15) is 0 Å². The van der Waals surface area contributed by atoms with E-state index in [-0.39, 0.29) is 12.6 Å². The fourth-order valence-corrected chi connectivity index (χ4v) is 1.78. The molecule has 0 bridgehead atoms. The van der Waals surface area contributed by atoms with Crippen LogP contribution in [0.15, 0.2) is 18.2 Å². The molecule has 1 aromatic rings.